The molecule has 1 saturated heterocycles. The lowest BCUT2D eigenvalue weighted by Crippen LogP contribution is -2.35. The molecule has 5 heteroatoms. The fourth-order valence-electron chi connectivity index (χ4n) is 2.25. The van der Waals surface area contributed by atoms with Gasteiger partial charge in [0.15, 0.2) is 0 Å². The molecule has 1 aromatic carbocycles. The molecule has 3 rings (SSSR count). The lowest BCUT2D eigenvalue weighted by Gasteiger charge is -2.29. The monoisotopic (exact) mass is 220 g/mol. The Morgan fingerprint density at radius 2 is 2.12 bits per heavy atom. The van der Waals surface area contributed by atoms with Gasteiger partial charge in [0.25, 0.3) is 6.54 Å². The van der Waals surface area contributed by atoms with Crippen molar-refractivity contribution < 1.29 is 19.0 Å². The van der Waals surface area contributed by atoms with Crippen molar-refractivity contribution in [3.8, 4) is 5.75 Å². The van der Waals surface area contributed by atoms with E-state index in [0.717, 1.165) is 5.56 Å². The number of ether oxygens (including phenoxy) is 2. The van der Waals surface area contributed by atoms with Gasteiger partial charge < -0.3 is 9.47 Å². The number of carbonyl (C=O) groups excluding carboxylic acids is 1. The number of para-hydroxylation sites is 1. The average molecular weight is 220 g/mol. The Bertz CT molecular complexity index is 467. The summed E-state index contributed by atoms with van der Waals surface area (Å²) in [7, 11) is 0. The SMILES string of the molecule is O=C1OC2(CCOc3ccccc32)C[N+]1=O. The first-order chi connectivity index (χ1) is 7.71. The Hall–Kier alpha value is -1.91. The van der Waals surface area contributed by atoms with Gasteiger partial charge in [0.1, 0.15) is 10.5 Å². The first kappa shape index (κ1) is 9.33. The molecule has 0 bridgehead atoms. The van der Waals surface area contributed by atoms with E-state index in [2.05, 4.69) is 0 Å². The Morgan fingerprint density at radius 3 is 2.88 bits per heavy atom. The molecule has 0 aromatic heterocycles. The molecule has 2 heterocycles. The summed E-state index contributed by atoms with van der Waals surface area (Å²) in [5.41, 5.74) is -0.0267. The van der Waals surface area contributed by atoms with E-state index in [1.807, 2.05) is 24.3 Å². The second kappa shape index (κ2) is 3.04. The summed E-state index contributed by atoms with van der Waals surface area (Å²) in [6, 6.07) is 7.35. The number of nitroso groups, excluding NO2 is 1. The number of benzene rings is 1. The van der Waals surface area contributed by atoms with Crippen LogP contribution in [0, 0.1) is 4.91 Å². The van der Waals surface area contributed by atoms with Gasteiger partial charge in [0.05, 0.1) is 6.61 Å². The van der Waals surface area contributed by atoms with Gasteiger partial charge in [-0.1, -0.05) is 18.2 Å². The molecule has 1 spiro atoms. The molecule has 1 aromatic rings. The van der Waals surface area contributed by atoms with E-state index in [1.165, 1.54) is 0 Å². The normalized spacial score (nSPS) is 27.5. The number of nitrogens with zero attached hydrogens (tertiary/aromatic N) is 1. The quantitative estimate of drug-likeness (QED) is 0.623. The number of fused-ring (bicyclic) bond motifs is 2. The predicted molar refractivity (Wildman–Crippen MR) is 53.2 cm³/mol. The molecular weight excluding hydrogens is 210 g/mol. The van der Waals surface area contributed by atoms with Crippen molar-refractivity contribution in [2.24, 2.45) is 0 Å². The van der Waals surface area contributed by atoms with Gasteiger partial charge in [-0.25, -0.2) is 0 Å². The van der Waals surface area contributed by atoms with Gasteiger partial charge in [0, 0.05) is 16.9 Å². The molecule has 0 N–H and O–H groups in total. The van der Waals surface area contributed by atoms with E-state index in [1.54, 1.807) is 0 Å². The minimum atomic E-state index is -0.812. The van der Waals surface area contributed by atoms with Crippen LogP contribution in [0.25, 0.3) is 0 Å². The standard InChI is InChI=1S/C11H10NO4/c13-10-12(14)7-11(16-10)5-6-15-9-4-2-1-3-8(9)11/h1-4H,5-7H2/q+1. The summed E-state index contributed by atoms with van der Waals surface area (Å²) >= 11 is 0. The lowest BCUT2D eigenvalue weighted by atomic mass is 9.88. The van der Waals surface area contributed by atoms with E-state index in [0.29, 0.717) is 23.5 Å². The molecule has 2 aliphatic rings. The maximum Gasteiger partial charge on any atom is 0.645 e. The van der Waals surface area contributed by atoms with E-state index in [-0.39, 0.29) is 6.54 Å². The fourth-order valence-corrected chi connectivity index (χ4v) is 2.25. The zero-order valence-corrected chi connectivity index (χ0v) is 8.51. The van der Waals surface area contributed by atoms with Crippen LogP contribution in [0.3, 0.4) is 0 Å². The Kier molecular flexibility index (Phi) is 1.77. The van der Waals surface area contributed by atoms with Crippen molar-refractivity contribution in [3.63, 3.8) is 0 Å². The van der Waals surface area contributed by atoms with Crippen LogP contribution in [0.2, 0.25) is 0 Å². The fraction of sp³-hybridized carbons (Fsp3) is 0.364. The Labute approximate surface area is 91.5 Å². The minimum Gasteiger partial charge on any atom is -0.493 e. The lowest BCUT2D eigenvalue weighted by molar-refractivity contribution is -0.441. The number of hydrogen-bond acceptors (Lipinski definition) is 4. The van der Waals surface area contributed by atoms with Crippen molar-refractivity contribution >= 4 is 6.09 Å². The van der Waals surface area contributed by atoms with Crippen molar-refractivity contribution in [1.29, 1.82) is 0 Å². The van der Waals surface area contributed by atoms with Gasteiger partial charge in [-0.2, -0.15) is 4.79 Å². The van der Waals surface area contributed by atoms with E-state index in [9.17, 15) is 9.70 Å². The van der Waals surface area contributed by atoms with Crippen molar-refractivity contribution in [1.82, 2.24) is 0 Å². The van der Waals surface area contributed by atoms with E-state index < -0.39 is 11.7 Å². The first-order valence-corrected chi connectivity index (χ1v) is 5.11. The van der Waals surface area contributed by atoms with Crippen LogP contribution in [0.1, 0.15) is 12.0 Å². The predicted octanol–water partition coefficient (Wildman–Crippen LogP) is 1.59. The van der Waals surface area contributed by atoms with Crippen molar-refractivity contribution in [2.45, 2.75) is 12.0 Å². The van der Waals surface area contributed by atoms with Gasteiger partial charge in [-0.15, -0.1) is 0 Å². The third kappa shape index (κ3) is 1.14. The first-order valence-electron chi connectivity index (χ1n) is 5.11. The highest BCUT2D eigenvalue weighted by molar-refractivity contribution is 5.61. The van der Waals surface area contributed by atoms with E-state index in [4.69, 9.17) is 9.47 Å². The van der Waals surface area contributed by atoms with Crippen molar-refractivity contribution in [2.75, 3.05) is 13.2 Å². The Morgan fingerprint density at radius 1 is 1.31 bits per heavy atom. The van der Waals surface area contributed by atoms with Gasteiger partial charge in [-0.3, -0.25) is 0 Å². The zero-order chi connectivity index (χ0) is 11.2. The van der Waals surface area contributed by atoms with Crippen LogP contribution < -0.4 is 4.74 Å². The summed E-state index contributed by atoms with van der Waals surface area (Å²) in [6.45, 7) is 0.504. The molecule has 0 aliphatic carbocycles. The molecule has 16 heavy (non-hydrogen) atoms. The number of rotatable bonds is 0. The molecule has 0 saturated carbocycles. The smallest absolute Gasteiger partial charge is 0.493 e. The second-order valence-electron chi connectivity index (χ2n) is 3.99. The highest BCUT2D eigenvalue weighted by Gasteiger charge is 2.57. The van der Waals surface area contributed by atoms with Crippen LogP contribution in [-0.2, 0) is 10.3 Å². The molecule has 82 valence electrons. The van der Waals surface area contributed by atoms with Gasteiger partial charge >= 0.3 is 6.09 Å². The number of hydrogen-bond donors (Lipinski definition) is 0. The number of amides is 1. The average Bonchev–Trinajstić information content (AvgIpc) is 2.56. The van der Waals surface area contributed by atoms with Gasteiger partial charge in [0.2, 0.25) is 5.60 Å². The van der Waals surface area contributed by atoms with Crippen LogP contribution in [0.15, 0.2) is 24.3 Å². The summed E-state index contributed by atoms with van der Waals surface area (Å²) in [4.78, 5) is 22.5. The van der Waals surface area contributed by atoms with Crippen LogP contribution >= 0.6 is 0 Å². The molecular formula is C11H10NO4+. The van der Waals surface area contributed by atoms with Crippen LogP contribution in [-0.4, -0.2) is 24.0 Å². The van der Waals surface area contributed by atoms with E-state index >= 15 is 0 Å². The third-order valence-electron chi connectivity index (χ3n) is 3.03. The van der Waals surface area contributed by atoms with Gasteiger partial charge in [-0.05, 0) is 6.07 Å². The molecule has 5 nitrogen and oxygen atoms in total. The molecule has 1 unspecified atom stereocenters. The summed E-state index contributed by atoms with van der Waals surface area (Å²) in [5, 5.41) is 0. The molecule has 2 aliphatic heterocycles. The third-order valence-corrected chi connectivity index (χ3v) is 3.03. The van der Waals surface area contributed by atoms with Crippen molar-refractivity contribution in [3.05, 3.63) is 34.7 Å². The maximum absolute atomic E-state index is 11.3. The summed E-state index contributed by atoms with van der Waals surface area (Å²) in [5.74, 6) is 0.692. The topological polar surface area (TPSA) is 55.6 Å². The number of carbonyl (C=O) groups is 1. The molecule has 0 radical (unpaired) electrons. The minimum absolute atomic E-state index is 0.0478. The van der Waals surface area contributed by atoms with Crippen LogP contribution in [0.4, 0.5) is 4.79 Å². The summed E-state index contributed by atoms with van der Waals surface area (Å²) in [6.07, 6.45) is -0.286. The largest absolute Gasteiger partial charge is 0.645 e. The second-order valence-corrected chi connectivity index (χ2v) is 3.99. The highest BCUT2D eigenvalue weighted by atomic mass is 16.6. The highest BCUT2D eigenvalue weighted by Crippen LogP contribution is 2.42. The van der Waals surface area contributed by atoms with Crippen LogP contribution in [0.5, 0.6) is 5.75 Å². The molecule has 1 atom stereocenters. The molecule has 1 amide bonds. The summed E-state index contributed by atoms with van der Waals surface area (Å²) < 4.78 is 11.1. The Balaban J connectivity index is 2.11. The maximum atomic E-state index is 11.3. The molecule has 1 fully saturated rings. The zero-order valence-electron chi connectivity index (χ0n) is 8.51.